The molecule has 5 nitrogen and oxygen atoms in total. The van der Waals surface area contributed by atoms with E-state index in [0.29, 0.717) is 17.9 Å². The number of epoxide rings is 1. The second-order valence-electron chi connectivity index (χ2n) is 5.93. The normalized spacial score (nSPS) is 35.0. The summed E-state index contributed by atoms with van der Waals surface area (Å²) < 4.78 is 32.5. The van der Waals surface area contributed by atoms with Crippen molar-refractivity contribution in [2.45, 2.75) is 42.6 Å². The minimum atomic E-state index is -3.54. The number of benzene rings is 1. The van der Waals surface area contributed by atoms with Crippen LogP contribution in [-0.4, -0.2) is 48.7 Å². The molecule has 1 aliphatic carbocycles. The zero-order valence-electron chi connectivity index (χ0n) is 11.6. The zero-order chi connectivity index (χ0) is 14.8. The van der Waals surface area contributed by atoms with Crippen LogP contribution >= 0.6 is 0 Å². The van der Waals surface area contributed by atoms with Gasteiger partial charge in [0.1, 0.15) is 12.2 Å². The van der Waals surface area contributed by atoms with Gasteiger partial charge in [-0.25, -0.2) is 8.42 Å². The zero-order valence-corrected chi connectivity index (χ0v) is 12.5. The van der Waals surface area contributed by atoms with Gasteiger partial charge in [0.15, 0.2) is 0 Å². The fourth-order valence-electron chi connectivity index (χ4n) is 3.34. The molecular formula is C15H17NO4S. The number of aliphatic hydroxyl groups is 1. The minimum Gasteiger partial charge on any atom is -0.390 e. The lowest BCUT2D eigenvalue weighted by Gasteiger charge is -2.30. The molecule has 6 heteroatoms. The molecule has 0 bridgehead atoms. The van der Waals surface area contributed by atoms with Crippen molar-refractivity contribution < 1.29 is 18.3 Å². The third kappa shape index (κ3) is 1.97. The Morgan fingerprint density at radius 1 is 1.29 bits per heavy atom. The molecule has 21 heavy (non-hydrogen) atoms. The van der Waals surface area contributed by atoms with Gasteiger partial charge < -0.3 is 9.84 Å². The van der Waals surface area contributed by atoms with Gasteiger partial charge in [0.05, 0.1) is 17.0 Å². The van der Waals surface area contributed by atoms with Crippen LogP contribution in [0.1, 0.15) is 12.0 Å². The first-order chi connectivity index (χ1) is 9.98. The molecule has 1 aromatic carbocycles. The molecule has 0 unspecified atom stereocenters. The summed E-state index contributed by atoms with van der Waals surface area (Å²) in [5.74, 6) is 0. The molecule has 1 aromatic rings. The van der Waals surface area contributed by atoms with Crippen molar-refractivity contribution in [1.82, 2.24) is 4.31 Å². The van der Waals surface area contributed by atoms with Crippen molar-refractivity contribution in [3.8, 4) is 0 Å². The van der Waals surface area contributed by atoms with Crippen LogP contribution in [-0.2, 0) is 14.8 Å². The summed E-state index contributed by atoms with van der Waals surface area (Å²) >= 11 is 0. The van der Waals surface area contributed by atoms with E-state index in [9.17, 15) is 13.5 Å². The van der Waals surface area contributed by atoms with Crippen molar-refractivity contribution in [2.24, 2.45) is 0 Å². The topological polar surface area (TPSA) is 70.1 Å². The Kier molecular flexibility index (Phi) is 2.81. The van der Waals surface area contributed by atoms with Crippen molar-refractivity contribution in [2.75, 3.05) is 6.54 Å². The fourth-order valence-corrected chi connectivity index (χ4v) is 4.91. The molecule has 3 aliphatic rings. The Morgan fingerprint density at radius 3 is 2.71 bits per heavy atom. The Labute approximate surface area is 123 Å². The van der Waals surface area contributed by atoms with Gasteiger partial charge in [-0.15, -0.1) is 0 Å². The Bertz CT molecular complexity index is 710. The molecule has 0 spiro atoms. The molecule has 0 aromatic heterocycles. The lowest BCUT2D eigenvalue weighted by Crippen LogP contribution is -2.43. The highest BCUT2D eigenvalue weighted by Crippen LogP contribution is 2.45. The number of aryl methyl sites for hydroxylation is 1. The first kappa shape index (κ1) is 13.5. The largest absolute Gasteiger partial charge is 0.390 e. The summed E-state index contributed by atoms with van der Waals surface area (Å²) in [5, 5.41) is 9.98. The van der Waals surface area contributed by atoms with E-state index in [4.69, 9.17) is 4.74 Å². The number of hydrogen-bond acceptors (Lipinski definition) is 4. The van der Waals surface area contributed by atoms with Crippen LogP contribution in [0.5, 0.6) is 0 Å². The van der Waals surface area contributed by atoms with E-state index >= 15 is 0 Å². The predicted molar refractivity (Wildman–Crippen MR) is 76.2 cm³/mol. The number of nitrogens with zero attached hydrogens (tertiary/aromatic N) is 1. The number of fused-ring (bicyclic) bond motifs is 3. The first-order valence-corrected chi connectivity index (χ1v) is 8.54. The van der Waals surface area contributed by atoms with Crippen molar-refractivity contribution in [1.29, 1.82) is 0 Å². The quantitative estimate of drug-likeness (QED) is 0.649. The molecule has 2 heterocycles. The third-order valence-corrected chi connectivity index (χ3v) is 6.45. The molecular weight excluding hydrogens is 290 g/mol. The first-order valence-electron chi connectivity index (χ1n) is 7.10. The fraction of sp³-hybridized carbons (Fsp3) is 0.467. The lowest BCUT2D eigenvalue weighted by atomic mass is 9.90. The van der Waals surface area contributed by atoms with Crippen LogP contribution in [0.25, 0.3) is 0 Å². The molecule has 4 rings (SSSR count). The van der Waals surface area contributed by atoms with Gasteiger partial charge in [0.2, 0.25) is 10.0 Å². The molecule has 2 aliphatic heterocycles. The summed E-state index contributed by atoms with van der Waals surface area (Å²) in [4.78, 5) is 0.302. The van der Waals surface area contributed by atoms with Crippen LogP contribution < -0.4 is 0 Å². The van der Waals surface area contributed by atoms with Gasteiger partial charge in [-0.3, -0.25) is 0 Å². The van der Waals surface area contributed by atoms with E-state index in [1.165, 1.54) is 4.31 Å². The second-order valence-corrected chi connectivity index (χ2v) is 7.82. The van der Waals surface area contributed by atoms with E-state index in [1.54, 1.807) is 24.3 Å². The van der Waals surface area contributed by atoms with E-state index in [-0.39, 0.29) is 18.2 Å². The molecule has 0 amide bonds. The van der Waals surface area contributed by atoms with Gasteiger partial charge in [-0.05, 0) is 31.1 Å². The summed E-state index contributed by atoms with van der Waals surface area (Å²) in [6.07, 6.45) is 1.56. The van der Waals surface area contributed by atoms with Crippen LogP contribution in [0.15, 0.2) is 40.8 Å². The summed E-state index contributed by atoms with van der Waals surface area (Å²) in [6, 6.07) is 6.60. The molecule has 1 saturated heterocycles. The summed E-state index contributed by atoms with van der Waals surface area (Å²) in [5.41, 5.74) is 2.04. The van der Waals surface area contributed by atoms with Crippen LogP contribution in [0.4, 0.5) is 0 Å². The molecule has 2 fully saturated rings. The monoisotopic (exact) mass is 307 g/mol. The smallest absolute Gasteiger partial charge is 0.243 e. The second kappa shape index (κ2) is 4.39. The molecule has 1 N–H and O–H groups in total. The Morgan fingerprint density at radius 2 is 2.00 bits per heavy atom. The van der Waals surface area contributed by atoms with Gasteiger partial charge >= 0.3 is 0 Å². The van der Waals surface area contributed by atoms with Gasteiger partial charge in [0.25, 0.3) is 0 Å². The van der Waals surface area contributed by atoms with Crippen LogP contribution in [0.3, 0.4) is 0 Å². The van der Waals surface area contributed by atoms with E-state index in [1.807, 2.05) is 13.0 Å². The highest BCUT2D eigenvalue weighted by Gasteiger charge is 2.57. The third-order valence-electron chi connectivity index (χ3n) is 4.56. The summed E-state index contributed by atoms with van der Waals surface area (Å²) in [7, 11) is -3.54. The highest BCUT2D eigenvalue weighted by molar-refractivity contribution is 7.89. The van der Waals surface area contributed by atoms with Crippen LogP contribution in [0.2, 0.25) is 0 Å². The maximum absolute atomic E-state index is 12.8. The van der Waals surface area contributed by atoms with Gasteiger partial charge in [0, 0.05) is 6.54 Å². The van der Waals surface area contributed by atoms with E-state index in [0.717, 1.165) is 11.1 Å². The lowest BCUT2D eigenvalue weighted by molar-refractivity contribution is 0.111. The minimum absolute atomic E-state index is 0.0861. The van der Waals surface area contributed by atoms with Crippen molar-refractivity contribution in [3.05, 3.63) is 41.5 Å². The van der Waals surface area contributed by atoms with Gasteiger partial charge in [-0.2, -0.15) is 4.31 Å². The molecule has 1 saturated carbocycles. The Hall–Kier alpha value is -1.21. The number of ether oxygens (including phenoxy) is 1. The number of aliphatic hydroxyl groups excluding tert-OH is 1. The number of rotatable bonds is 2. The number of sulfonamides is 1. The molecule has 0 radical (unpaired) electrons. The van der Waals surface area contributed by atoms with Gasteiger partial charge in [-0.1, -0.05) is 23.8 Å². The van der Waals surface area contributed by atoms with Crippen molar-refractivity contribution >= 4 is 10.0 Å². The number of hydrogen-bond donors (Lipinski definition) is 1. The average Bonchev–Trinajstić information content (AvgIpc) is 3.14. The van der Waals surface area contributed by atoms with E-state index < -0.39 is 16.1 Å². The molecule has 4 atom stereocenters. The predicted octanol–water partition coefficient (Wildman–Crippen LogP) is 0.826. The van der Waals surface area contributed by atoms with Crippen molar-refractivity contribution in [3.63, 3.8) is 0 Å². The van der Waals surface area contributed by atoms with Crippen LogP contribution in [0, 0.1) is 6.92 Å². The average molecular weight is 307 g/mol. The summed E-state index contributed by atoms with van der Waals surface area (Å²) in [6.45, 7) is 2.28. The standard InChI is InChI=1S/C15H17NO4S/c1-9-2-4-10(5-3-9)21(18,19)16-7-6-11-12(16)8-13(17)15-14(11)20-15/h2-6,12-15,17H,7-8H2,1H3/t12-,13-,14+,15-/m1/s1. The maximum atomic E-state index is 12.8. The van der Waals surface area contributed by atoms with E-state index in [2.05, 4.69) is 0 Å². The molecule has 112 valence electrons. The SMILES string of the molecule is Cc1ccc(S(=O)(=O)N2CC=C3[C@H]2C[C@@H](O)[C@H]2O[C@@H]32)cc1. The maximum Gasteiger partial charge on any atom is 0.243 e. The Balaban J connectivity index is 1.66. The highest BCUT2D eigenvalue weighted by atomic mass is 32.2.